The van der Waals surface area contributed by atoms with Crippen molar-refractivity contribution in [2.75, 3.05) is 0 Å². The van der Waals surface area contributed by atoms with Crippen LogP contribution in [0.3, 0.4) is 0 Å². The maximum Gasteiger partial charge on any atom is 0.128 e. The number of aromatic nitrogens is 1. The van der Waals surface area contributed by atoms with Crippen molar-refractivity contribution in [2.24, 2.45) is 4.99 Å². The first-order valence-electron chi connectivity index (χ1n) is 7.16. The van der Waals surface area contributed by atoms with Crippen LogP contribution in [0.25, 0.3) is 0 Å². The average molecular weight is 274 g/mol. The second kappa shape index (κ2) is 6.71. The molecule has 2 aromatic carbocycles. The summed E-state index contributed by atoms with van der Waals surface area (Å²) < 4.78 is 2.18. The van der Waals surface area contributed by atoms with Crippen LogP contribution >= 0.6 is 0 Å². The molecule has 0 saturated heterocycles. The Kier molecular flexibility index (Phi) is 4.27. The molecule has 0 N–H and O–H groups in total. The normalized spacial score (nSPS) is 11.5. The fourth-order valence-electron chi connectivity index (χ4n) is 2.28. The van der Waals surface area contributed by atoms with Crippen molar-refractivity contribution >= 4 is 0 Å². The van der Waals surface area contributed by atoms with Crippen molar-refractivity contribution in [1.29, 1.82) is 0 Å². The molecular weight excluding hydrogens is 256 g/mol. The number of rotatable bonds is 4. The second-order valence-corrected chi connectivity index (χ2v) is 4.97. The number of benzene rings is 2. The monoisotopic (exact) mass is 274 g/mol. The number of hydrogen-bond acceptors (Lipinski definition) is 1. The Morgan fingerprint density at radius 1 is 0.667 bits per heavy atom. The maximum atomic E-state index is 4.74. The van der Waals surface area contributed by atoms with Crippen LogP contribution in [0.4, 0.5) is 0 Å². The highest BCUT2D eigenvalue weighted by Gasteiger charge is 1.95. The van der Waals surface area contributed by atoms with Gasteiger partial charge in [0.1, 0.15) is 5.49 Å². The van der Waals surface area contributed by atoms with E-state index in [0.717, 1.165) is 12.0 Å². The molecule has 0 aliphatic heterocycles. The van der Waals surface area contributed by atoms with Gasteiger partial charge in [0.05, 0.1) is 6.54 Å². The summed E-state index contributed by atoms with van der Waals surface area (Å²) in [5.41, 5.74) is 3.52. The molecular formula is C19H18N2. The largest absolute Gasteiger partial charge is 0.329 e. The summed E-state index contributed by atoms with van der Waals surface area (Å²) in [6, 6.07) is 26.9. The van der Waals surface area contributed by atoms with Crippen LogP contribution in [0.5, 0.6) is 0 Å². The number of hydrogen-bond donors (Lipinski definition) is 0. The lowest BCUT2D eigenvalue weighted by Crippen LogP contribution is -2.20. The molecule has 0 spiro atoms. The zero-order chi connectivity index (χ0) is 14.3. The lowest BCUT2D eigenvalue weighted by molar-refractivity contribution is 0.726. The van der Waals surface area contributed by atoms with Crippen LogP contribution in [0, 0.1) is 0 Å². The standard InChI is InChI=1S/C19H18N2/c1-3-9-17(10-4-1)15-20-19-13-7-8-14-21(19)16-18-11-5-2-6-12-18/h1-14H,15-16H2. The van der Waals surface area contributed by atoms with Gasteiger partial charge in [-0.1, -0.05) is 66.7 Å². The van der Waals surface area contributed by atoms with Crippen LogP contribution in [-0.2, 0) is 13.1 Å². The van der Waals surface area contributed by atoms with Crippen LogP contribution in [0.1, 0.15) is 11.1 Å². The molecule has 1 heterocycles. The van der Waals surface area contributed by atoms with Gasteiger partial charge >= 0.3 is 0 Å². The molecule has 3 rings (SSSR count). The van der Waals surface area contributed by atoms with Gasteiger partial charge < -0.3 is 4.57 Å². The molecule has 0 aliphatic rings. The molecule has 2 nitrogen and oxygen atoms in total. The van der Waals surface area contributed by atoms with E-state index in [1.165, 1.54) is 11.1 Å². The maximum absolute atomic E-state index is 4.74. The van der Waals surface area contributed by atoms with E-state index in [1.807, 2.05) is 36.4 Å². The fraction of sp³-hybridized carbons (Fsp3) is 0.105. The highest BCUT2D eigenvalue weighted by Crippen LogP contribution is 2.01. The molecule has 21 heavy (non-hydrogen) atoms. The van der Waals surface area contributed by atoms with Crippen molar-refractivity contribution in [3.63, 3.8) is 0 Å². The predicted octanol–water partition coefficient (Wildman–Crippen LogP) is 3.64. The Balaban J connectivity index is 1.86. The molecule has 3 aromatic rings. The van der Waals surface area contributed by atoms with Crippen molar-refractivity contribution in [3.05, 3.63) is 102 Å². The van der Waals surface area contributed by atoms with E-state index in [-0.39, 0.29) is 0 Å². The van der Waals surface area contributed by atoms with Gasteiger partial charge in [-0.25, -0.2) is 0 Å². The van der Waals surface area contributed by atoms with Gasteiger partial charge in [0.15, 0.2) is 0 Å². The van der Waals surface area contributed by atoms with Gasteiger partial charge in [-0.3, -0.25) is 4.99 Å². The van der Waals surface area contributed by atoms with E-state index < -0.39 is 0 Å². The minimum absolute atomic E-state index is 0.708. The topological polar surface area (TPSA) is 17.3 Å². The molecule has 0 atom stereocenters. The SMILES string of the molecule is c1ccc(CN=c2ccccn2Cc2ccccc2)cc1. The zero-order valence-corrected chi connectivity index (χ0v) is 11.9. The molecule has 0 saturated carbocycles. The lowest BCUT2D eigenvalue weighted by Gasteiger charge is -2.07. The zero-order valence-electron chi connectivity index (χ0n) is 11.9. The van der Waals surface area contributed by atoms with Crippen molar-refractivity contribution < 1.29 is 0 Å². The van der Waals surface area contributed by atoms with Crippen LogP contribution in [0.15, 0.2) is 90.1 Å². The van der Waals surface area contributed by atoms with Gasteiger partial charge in [-0.2, -0.15) is 0 Å². The third-order valence-corrected chi connectivity index (χ3v) is 3.38. The minimum Gasteiger partial charge on any atom is -0.329 e. The quantitative estimate of drug-likeness (QED) is 0.691. The van der Waals surface area contributed by atoms with E-state index in [4.69, 9.17) is 4.99 Å². The molecule has 0 radical (unpaired) electrons. The van der Waals surface area contributed by atoms with Crippen molar-refractivity contribution in [3.8, 4) is 0 Å². The first kappa shape index (κ1) is 13.4. The van der Waals surface area contributed by atoms with E-state index in [2.05, 4.69) is 53.2 Å². The predicted molar refractivity (Wildman–Crippen MR) is 85.7 cm³/mol. The van der Waals surface area contributed by atoms with Crippen LogP contribution in [0.2, 0.25) is 0 Å². The molecule has 0 bridgehead atoms. The fourth-order valence-corrected chi connectivity index (χ4v) is 2.28. The Hall–Kier alpha value is -2.61. The summed E-state index contributed by atoms with van der Waals surface area (Å²) in [6.45, 7) is 1.55. The van der Waals surface area contributed by atoms with E-state index in [9.17, 15) is 0 Å². The minimum atomic E-state index is 0.708. The molecule has 1 aromatic heterocycles. The summed E-state index contributed by atoms with van der Waals surface area (Å²) in [5.74, 6) is 0. The molecule has 0 unspecified atom stereocenters. The van der Waals surface area contributed by atoms with Crippen molar-refractivity contribution in [1.82, 2.24) is 4.57 Å². The van der Waals surface area contributed by atoms with Gasteiger partial charge in [-0.05, 0) is 23.3 Å². The second-order valence-electron chi connectivity index (χ2n) is 4.97. The summed E-state index contributed by atoms with van der Waals surface area (Å²) >= 11 is 0. The number of nitrogens with zero attached hydrogens (tertiary/aromatic N) is 2. The van der Waals surface area contributed by atoms with E-state index >= 15 is 0 Å². The highest BCUT2D eigenvalue weighted by atomic mass is 15.0. The lowest BCUT2D eigenvalue weighted by atomic mass is 10.2. The third kappa shape index (κ3) is 3.69. The highest BCUT2D eigenvalue weighted by molar-refractivity contribution is 5.16. The van der Waals surface area contributed by atoms with E-state index in [0.29, 0.717) is 6.54 Å². The van der Waals surface area contributed by atoms with Gasteiger partial charge in [0, 0.05) is 12.7 Å². The van der Waals surface area contributed by atoms with Gasteiger partial charge in [-0.15, -0.1) is 0 Å². The first-order chi connectivity index (χ1) is 10.4. The Morgan fingerprint density at radius 2 is 1.29 bits per heavy atom. The van der Waals surface area contributed by atoms with Gasteiger partial charge in [0.2, 0.25) is 0 Å². The first-order valence-corrected chi connectivity index (χ1v) is 7.16. The molecule has 0 fully saturated rings. The number of pyridine rings is 1. The van der Waals surface area contributed by atoms with Crippen LogP contribution in [-0.4, -0.2) is 4.57 Å². The Morgan fingerprint density at radius 3 is 2.00 bits per heavy atom. The van der Waals surface area contributed by atoms with Crippen LogP contribution < -0.4 is 5.49 Å². The third-order valence-electron chi connectivity index (χ3n) is 3.38. The Labute approximate surface area is 125 Å². The average Bonchev–Trinajstić information content (AvgIpc) is 2.56. The van der Waals surface area contributed by atoms with E-state index in [1.54, 1.807) is 0 Å². The molecule has 0 aliphatic carbocycles. The summed E-state index contributed by atoms with van der Waals surface area (Å²) in [7, 11) is 0. The van der Waals surface area contributed by atoms with Crippen molar-refractivity contribution in [2.45, 2.75) is 13.1 Å². The molecule has 0 amide bonds. The summed E-state index contributed by atoms with van der Waals surface area (Å²) in [5, 5.41) is 0. The smallest absolute Gasteiger partial charge is 0.128 e. The van der Waals surface area contributed by atoms with Gasteiger partial charge in [0.25, 0.3) is 0 Å². The Bertz CT molecular complexity index is 743. The molecule has 2 heteroatoms. The molecule has 104 valence electrons. The summed E-state index contributed by atoms with van der Waals surface area (Å²) in [6.07, 6.45) is 2.08. The summed E-state index contributed by atoms with van der Waals surface area (Å²) in [4.78, 5) is 4.74.